The molecule has 0 radical (unpaired) electrons. The Morgan fingerprint density at radius 3 is 2.41 bits per heavy atom. The van der Waals surface area contributed by atoms with Gasteiger partial charge in [-0.05, 0) is 30.9 Å². The summed E-state index contributed by atoms with van der Waals surface area (Å²) in [6, 6.07) is 9.92. The molecule has 6 heteroatoms. The highest BCUT2D eigenvalue weighted by Gasteiger charge is 2.46. The lowest BCUT2D eigenvalue weighted by molar-refractivity contribution is -0.178. The van der Waals surface area contributed by atoms with Gasteiger partial charge in [0, 0.05) is 19.5 Å². The smallest absolute Gasteiger partial charge is 0.347 e. The fourth-order valence-corrected chi connectivity index (χ4v) is 2.99. The largest absolute Gasteiger partial charge is 0.479 e. The van der Waals surface area contributed by atoms with Crippen LogP contribution in [0.5, 0.6) is 0 Å². The van der Waals surface area contributed by atoms with E-state index in [9.17, 15) is 14.7 Å². The zero-order valence-electron chi connectivity index (χ0n) is 12.3. The van der Waals surface area contributed by atoms with E-state index in [1.165, 1.54) is 0 Å². The molecule has 0 spiro atoms. The molecule has 1 saturated heterocycles. The molecule has 6 nitrogen and oxygen atoms in total. The van der Waals surface area contributed by atoms with Gasteiger partial charge < -0.3 is 15.3 Å². The molecule has 1 aromatic rings. The number of aliphatic carboxylic acids is 2. The van der Waals surface area contributed by atoms with Gasteiger partial charge in [0.05, 0.1) is 0 Å². The van der Waals surface area contributed by atoms with E-state index in [4.69, 9.17) is 10.2 Å². The van der Waals surface area contributed by atoms with Gasteiger partial charge in [-0.15, -0.1) is 0 Å². The molecule has 22 heavy (non-hydrogen) atoms. The number of hydrogen-bond donors (Lipinski definition) is 3. The van der Waals surface area contributed by atoms with Gasteiger partial charge in [-0.1, -0.05) is 30.3 Å². The molecule has 120 valence electrons. The van der Waals surface area contributed by atoms with Crippen molar-refractivity contribution in [3.05, 3.63) is 35.9 Å². The third-order valence-corrected chi connectivity index (χ3v) is 4.14. The molecule has 0 unspecified atom stereocenters. The quantitative estimate of drug-likeness (QED) is 0.683. The highest BCUT2D eigenvalue weighted by atomic mass is 16.4. The van der Waals surface area contributed by atoms with Crippen LogP contribution in [0.2, 0.25) is 0 Å². The van der Waals surface area contributed by atoms with E-state index in [-0.39, 0.29) is 12.3 Å². The van der Waals surface area contributed by atoms with E-state index in [1.54, 1.807) is 0 Å². The molecule has 0 aliphatic carbocycles. The summed E-state index contributed by atoms with van der Waals surface area (Å²) in [7, 11) is 0. The van der Waals surface area contributed by atoms with Crippen molar-refractivity contribution in [2.45, 2.75) is 31.4 Å². The monoisotopic (exact) mass is 307 g/mol. The summed E-state index contributed by atoms with van der Waals surface area (Å²) in [6.45, 7) is 2.23. The number of aliphatic hydroxyl groups is 1. The van der Waals surface area contributed by atoms with Crippen molar-refractivity contribution in [1.82, 2.24) is 4.90 Å². The average molecular weight is 307 g/mol. The lowest BCUT2D eigenvalue weighted by Crippen LogP contribution is -2.50. The predicted molar refractivity (Wildman–Crippen MR) is 79.3 cm³/mol. The van der Waals surface area contributed by atoms with Gasteiger partial charge >= 0.3 is 11.9 Å². The summed E-state index contributed by atoms with van der Waals surface area (Å²) in [5, 5.41) is 27.9. The van der Waals surface area contributed by atoms with Gasteiger partial charge in [-0.25, -0.2) is 9.59 Å². The Morgan fingerprint density at radius 1 is 1.18 bits per heavy atom. The standard InChI is InChI=1S/C16H21NO5/c18-14(19)16(22,15(20)21)9-13-7-4-8-17(11-13)10-12-5-2-1-3-6-12/h1-3,5-6,13,22H,4,7-11H2,(H,18,19)(H,20,21)/t13-/m0/s1. The van der Waals surface area contributed by atoms with E-state index in [0.717, 1.165) is 31.5 Å². The first-order chi connectivity index (χ1) is 10.4. The Morgan fingerprint density at radius 2 is 1.82 bits per heavy atom. The van der Waals surface area contributed by atoms with E-state index < -0.39 is 17.5 Å². The SMILES string of the molecule is O=C(O)C(O)(C[C@@H]1CCCN(Cc2ccccc2)C1)C(=O)O. The third-order valence-electron chi connectivity index (χ3n) is 4.14. The molecule has 0 amide bonds. The summed E-state index contributed by atoms with van der Waals surface area (Å²) in [5.74, 6) is -3.53. The second kappa shape index (κ2) is 6.89. The molecule has 0 aromatic heterocycles. The molecule has 2 rings (SSSR count). The zero-order valence-corrected chi connectivity index (χ0v) is 12.3. The topological polar surface area (TPSA) is 98.1 Å². The number of carboxylic acids is 2. The minimum absolute atomic E-state index is 0.144. The van der Waals surface area contributed by atoms with Crippen molar-refractivity contribution in [2.75, 3.05) is 13.1 Å². The van der Waals surface area contributed by atoms with Crippen LogP contribution in [0.1, 0.15) is 24.8 Å². The Kier molecular flexibility index (Phi) is 5.15. The highest BCUT2D eigenvalue weighted by molar-refractivity contribution is 6.01. The molecule has 1 atom stereocenters. The van der Waals surface area contributed by atoms with Gasteiger partial charge in [0.15, 0.2) is 0 Å². The van der Waals surface area contributed by atoms with E-state index in [0.29, 0.717) is 6.54 Å². The Hall–Kier alpha value is -1.92. The first-order valence-corrected chi connectivity index (χ1v) is 7.37. The van der Waals surface area contributed by atoms with Crippen LogP contribution >= 0.6 is 0 Å². The summed E-state index contributed by atoms with van der Waals surface area (Å²) in [4.78, 5) is 24.3. The second-order valence-electron chi connectivity index (χ2n) is 5.90. The maximum atomic E-state index is 11.1. The number of rotatable bonds is 6. The van der Waals surface area contributed by atoms with Crippen molar-refractivity contribution >= 4 is 11.9 Å². The lowest BCUT2D eigenvalue weighted by atomic mass is 9.85. The highest BCUT2D eigenvalue weighted by Crippen LogP contribution is 2.27. The number of hydrogen-bond acceptors (Lipinski definition) is 4. The Balaban J connectivity index is 1.98. The summed E-state index contributed by atoms with van der Waals surface area (Å²) < 4.78 is 0. The van der Waals surface area contributed by atoms with Crippen molar-refractivity contribution in [3.8, 4) is 0 Å². The number of likely N-dealkylation sites (tertiary alicyclic amines) is 1. The summed E-state index contributed by atoms with van der Waals surface area (Å²) >= 11 is 0. The molecule has 3 N–H and O–H groups in total. The predicted octanol–water partition coefficient (Wildman–Crippen LogP) is 1.19. The normalized spacial score (nSPS) is 19.8. The van der Waals surface area contributed by atoms with Crippen molar-refractivity contribution in [2.24, 2.45) is 5.92 Å². The van der Waals surface area contributed by atoms with E-state index >= 15 is 0 Å². The Bertz CT molecular complexity index is 517. The Labute approximate surface area is 129 Å². The van der Waals surface area contributed by atoms with Crippen LogP contribution < -0.4 is 0 Å². The fourth-order valence-electron chi connectivity index (χ4n) is 2.99. The zero-order chi connectivity index (χ0) is 16.2. The van der Waals surface area contributed by atoms with Gasteiger partial charge in [-0.3, -0.25) is 4.90 Å². The summed E-state index contributed by atoms with van der Waals surface area (Å²) in [5.41, 5.74) is -1.53. The minimum Gasteiger partial charge on any atom is -0.479 e. The molecule has 1 aliphatic heterocycles. The molecule has 1 aromatic carbocycles. The van der Waals surface area contributed by atoms with E-state index in [2.05, 4.69) is 4.90 Å². The summed E-state index contributed by atoms with van der Waals surface area (Å²) in [6.07, 6.45) is 1.34. The molecular formula is C16H21NO5. The fraction of sp³-hybridized carbons (Fsp3) is 0.500. The van der Waals surface area contributed by atoms with Crippen LogP contribution in [-0.2, 0) is 16.1 Å². The van der Waals surface area contributed by atoms with Gasteiger partial charge in [0.1, 0.15) is 0 Å². The lowest BCUT2D eigenvalue weighted by Gasteiger charge is -2.35. The number of carboxylic acid groups (broad SMARTS) is 2. The number of nitrogens with zero attached hydrogens (tertiary/aromatic N) is 1. The van der Waals surface area contributed by atoms with Crippen molar-refractivity contribution in [3.63, 3.8) is 0 Å². The molecular weight excluding hydrogens is 286 g/mol. The number of piperidine rings is 1. The van der Waals surface area contributed by atoms with Crippen molar-refractivity contribution in [1.29, 1.82) is 0 Å². The maximum Gasteiger partial charge on any atom is 0.347 e. The molecule has 0 saturated carbocycles. The van der Waals surface area contributed by atoms with Crippen LogP contribution in [0.25, 0.3) is 0 Å². The molecule has 1 heterocycles. The first-order valence-electron chi connectivity index (χ1n) is 7.37. The van der Waals surface area contributed by atoms with Gasteiger partial charge in [0.25, 0.3) is 5.60 Å². The average Bonchev–Trinajstić information content (AvgIpc) is 2.48. The van der Waals surface area contributed by atoms with Crippen LogP contribution in [0.15, 0.2) is 30.3 Å². The molecule has 1 aliphatic rings. The minimum atomic E-state index is -2.69. The first kappa shape index (κ1) is 16.5. The van der Waals surface area contributed by atoms with Gasteiger partial charge in [-0.2, -0.15) is 0 Å². The molecule has 1 fully saturated rings. The molecule has 0 bridgehead atoms. The third kappa shape index (κ3) is 3.84. The van der Waals surface area contributed by atoms with Crippen LogP contribution in [0.4, 0.5) is 0 Å². The van der Waals surface area contributed by atoms with Crippen LogP contribution in [-0.4, -0.2) is 50.8 Å². The van der Waals surface area contributed by atoms with E-state index in [1.807, 2.05) is 30.3 Å². The van der Waals surface area contributed by atoms with Gasteiger partial charge in [0.2, 0.25) is 0 Å². The maximum absolute atomic E-state index is 11.1. The van der Waals surface area contributed by atoms with Crippen molar-refractivity contribution < 1.29 is 24.9 Å². The number of carbonyl (C=O) groups is 2. The van der Waals surface area contributed by atoms with Crippen LogP contribution in [0.3, 0.4) is 0 Å². The second-order valence-corrected chi connectivity index (χ2v) is 5.90. The number of benzene rings is 1. The van der Waals surface area contributed by atoms with Crippen LogP contribution in [0, 0.1) is 5.92 Å².